The van der Waals surface area contributed by atoms with E-state index in [1.54, 1.807) is 20.8 Å². The van der Waals surface area contributed by atoms with E-state index < -0.39 is 62.3 Å². The molecule has 0 amide bonds. The molecule has 2 N–H and O–H groups in total. The molecule has 14 heteroatoms. The molecule has 4 atom stereocenters. The molecule has 38 heavy (non-hydrogen) atoms. The minimum Gasteiger partial charge on any atom is -0.390 e. The van der Waals surface area contributed by atoms with Crippen LogP contribution in [0.4, 0.5) is 14.6 Å². The van der Waals surface area contributed by atoms with E-state index in [2.05, 4.69) is 25.6 Å². The molecule has 1 aliphatic heterocycles. The molecule has 11 nitrogen and oxygen atoms in total. The Hall–Kier alpha value is -2.81. The van der Waals surface area contributed by atoms with Gasteiger partial charge in [-0.3, -0.25) is 0 Å². The van der Waals surface area contributed by atoms with Gasteiger partial charge in [0.15, 0.2) is 34.4 Å². The van der Waals surface area contributed by atoms with Gasteiger partial charge in [-0.15, -0.1) is 5.10 Å². The highest BCUT2D eigenvalue weighted by Crippen LogP contribution is 2.49. The lowest BCUT2D eigenvalue weighted by atomic mass is 10.0. The number of anilines is 1. The summed E-state index contributed by atoms with van der Waals surface area (Å²) in [6.45, 7) is 5.24. The Labute approximate surface area is 217 Å². The van der Waals surface area contributed by atoms with Crippen molar-refractivity contribution in [2.24, 2.45) is 0 Å². The fraction of sp³-hybridized carbons (Fsp3) is 0.583. The number of nitrogens with zero attached hydrogens (tertiary/aromatic N) is 5. The molecule has 3 fully saturated rings. The summed E-state index contributed by atoms with van der Waals surface area (Å²) in [5.41, 5.74) is 0.107. The number of nitrogens with one attached hydrogen (secondary N) is 1. The summed E-state index contributed by atoms with van der Waals surface area (Å²) in [4.78, 5) is 8.69. The van der Waals surface area contributed by atoms with Crippen LogP contribution in [0.25, 0.3) is 11.2 Å². The predicted molar refractivity (Wildman–Crippen MR) is 130 cm³/mol. The van der Waals surface area contributed by atoms with E-state index in [1.807, 2.05) is 0 Å². The Bertz CT molecular complexity index is 1530. The van der Waals surface area contributed by atoms with Gasteiger partial charge in [0, 0.05) is 6.42 Å². The molecule has 3 aromatic rings. The molecule has 204 valence electrons. The van der Waals surface area contributed by atoms with Crippen molar-refractivity contribution < 1.29 is 31.8 Å². The Morgan fingerprint density at radius 1 is 1.16 bits per heavy atom. The van der Waals surface area contributed by atoms with E-state index >= 15 is 0 Å². The van der Waals surface area contributed by atoms with Crippen molar-refractivity contribution in [3.8, 4) is 0 Å². The Balaban J connectivity index is 1.46. The number of sulfone groups is 1. The molecule has 2 aliphatic carbocycles. The van der Waals surface area contributed by atoms with E-state index in [1.165, 1.54) is 10.7 Å². The summed E-state index contributed by atoms with van der Waals surface area (Å²) in [7, 11) is -3.85. The highest BCUT2D eigenvalue weighted by Gasteiger charge is 2.55. The Morgan fingerprint density at radius 3 is 2.58 bits per heavy atom. The first-order chi connectivity index (χ1) is 17.9. The van der Waals surface area contributed by atoms with Gasteiger partial charge >= 0.3 is 0 Å². The summed E-state index contributed by atoms with van der Waals surface area (Å²) < 4.78 is 67.1. The Morgan fingerprint density at radius 2 is 1.89 bits per heavy atom. The van der Waals surface area contributed by atoms with Crippen molar-refractivity contribution in [2.75, 3.05) is 11.1 Å². The molecular weight excluding hydrogens is 522 g/mol. The van der Waals surface area contributed by atoms with E-state index in [0.717, 1.165) is 12.1 Å². The van der Waals surface area contributed by atoms with Gasteiger partial charge in [0.2, 0.25) is 9.84 Å². The summed E-state index contributed by atoms with van der Waals surface area (Å²) >= 11 is 0. The highest BCUT2D eigenvalue weighted by atomic mass is 32.2. The number of rotatable bonds is 7. The van der Waals surface area contributed by atoms with Crippen LogP contribution in [0.1, 0.15) is 58.1 Å². The number of aromatic nitrogens is 5. The standard InChI is InChI=1S/C24H28F2N6O5S/c1-4-9-38(34,35)22-27-20(29-24(7-8-24)12-5-6-13(25)14(26)10-12)17-21(28-22)32(31-30-17)15-11-16(33)19-18(15)36-23(2,3)37-19/h5-6,10,15-16,18-19,33H,4,7-9,11H2,1-3H3,(H,27,28,29)/t15-,16+,18+,19-/m1/s1. The van der Waals surface area contributed by atoms with Gasteiger partial charge in [0.1, 0.15) is 12.2 Å². The minimum atomic E-state index is -3.85. The average molecular weight is 551 g/mol. The molecule has 2 saturated carbocycles. The van der Waals surface area contributed by atoms with Crippen molar-refractivity contribution in [1.29, 1.82) is 0 Å². The fourth-order valence-corrected chi connectivity index (χ4v) is 6.59. The molecule has 3 aliphatic rings. The molecule has 3 heterocycles. The number of aliphatic hydroxyl groups is 1. The zero-order chi connectivity index (χ0) is 27.0. The van der Waals surface area contributed by atoms with Crippen LogP contribution in [-0.2, 0) is 24.8 Å². The lowest BCUT2D eigenvalue weighted by Gasteiger charge is -2.22. The molecule has 1 saturated heterocycles. The van der Waals surface area contributed by atoms with Crippen LogP contribution in [0.15, 0.2) is 23.4 Å². The van der Waals surface area contributed by atoms with Gasteiger partial charge in [-0.25, -0.2) is 21.9 Å². The normalized spacial score (nSPS) is 27.5. The largest absolute Gasteiger partial charge is 0.390 e. The summed E-state index contributed by atoms with van der Waals surface area (Å²) in [5.74, 6) is -2.88. The van der Waals surface area contributed by atoms with Crippen molar-refractivity contribution in [3.05, 3.63) is 35.4 Å². The van der Waals surface area contributed by atoms with Gasteiger partial charge < -0.3 is 19.9 Å². The molecule has 6 rings (SSSR count). The third-order valence-corrected chi connectivity index (χ3v) is 9.04. The van der Waals surface area contributed by atoms with Gasteiger partial charge in [0.25, 0.3) is 5.16 Å². The van der Waals surface area contributed by atoms with Crippen LogP contribution in [0.2, 0.25) is 0 Å². The topological polar surface area (TPSA) is 141 Å². The first kappa shape index (κ1) is 25.5. The maximum atomic E-state index is 14.0. The van der Waals surface area contributed by atoms with Crippen LogP contribution in [-0.4, -0.2) is 68.3 Å². The van der Waals surface area contributed by atoms with E-state index in [4.69, 9.17) is 9.47 Å². The number of ether oxygens (including phenoxy) is 2. The van der Waals surface area contributed by atoms with Gasteiger partial charge in [0.05, 0.1) is 23.4 Å². The number of benzene rings is 1. The fourth-order valence-electron chi connectivity index (χ4n) is 5.42. The van der Waals surface area contributed by atoms with Gasteiger partial charge in [-0.05, 0) is 50.8 Å². The predicted octanol–water partition coefficient (Wildman–Crippen LogP) is 2.61. The number of halogens is 2. The van der Waals surface area contributed by atoms with Crippen LogP contribution in [0, 0.1) is 11.6 Å². The van der Waals surface area contributed by atoms with Crippen molar-refractivity contribution in [1.82, 2.24) is 25.0 Å². The Kier molecular flexibility index (Phi) is 5.76. The number of aliphatic hydroxyl groups excluding tert-OH is 1. The molecule has 0 unspecified atom stereocenters. The van der Waals surface area contributed by atoms with Crippen LogP contribution in [0.3, 0.4) is 0 Å². The van der Waals surface area contributed by atoms with Crippen LogP contribution in [0.5, 0.6) is 0 Å². The van der Waals surface area contributed by atoms with E-state index in [0.29, 0.717) is 24.8 Å². The second-order valence-electron chi connectivity index (χ2n) is 10.7. The van der Waals surface area contributed by atoms with Gasteiger partial charge in [-0.2, -0.15) is 9.97 Å². The van der Waals surface area contributed by atoms with Crippen molar-refractivity contribution >= 4 is 26.8 Å². The molecular formula is C24H28F2N6O5S. The number of fused-ring (bicyclic) bond motifs is 2. The third-order valence-electron chi connectivity index (χ3n) is 7.35. The van der Waals surface area contributed by atoms with Gasteiger partial charge in [-0.1, -0.05) is 18.2 Å². The second-order valence-corrected chi connectivity index (χ2v) is 12.7. The maximum Gasteiger partial charge on any atom is 0.251 e. The second kappa shape index (κ2) is 8.60. The lowest BCUT2D eigenvalue weighted by molar-refractivity contribution is -0.165. The molecule has 0 bridgehead atoms. The monoisotopic (exact) mass is 550 g/mol. The lowest BCUT2D eigenvalue weighted by Crippen LogP contribution is -2.29. The molecule has 1 aromatic carbocycles. The van der Waals surface area contributed by atoms with E-state index in [-0.39, 0.29) is 29.2 Å². The first-order valence-corrected chi connectivity index (χ1v) is 14.2. The summed E-state index contributed by atoms with van der Waals surface area (Å²) in [6, 6.07) is 3.15. The maximum absolute atomic E-state index is 14.0. The van der Waals surface area contributed by atoms with E-state index in [9.17, 15) is 22.3 Å². The quantitative estimate of drug-likeness (QED) is 0.422. The third kappa shape index (κ3) is 4.14. The number of hydrogen-bond acceptors (Lipinski definition) is 10. The average Bonchev–Trinajstić information content (AvgIpc) is 3.24. The zero-order valence-corrected chi connectivity index (χ0v) is 21.9. The summed E-state index contributed by atoms with van der Waals surface area (Å²) in [6.07, 6.45) is -0.171. The van der Waals surface area contributed by atoms with Crippen LogP contribution < -0.4 is 5.32 Å². The van der Waals surface area contributed by atoms with Crippen molar-refractivity contribution in [2.45, 2.75) is 87.3 Å². The molecule has 0 radical (unpaired) electrons. The molecule has 0 spiro atoms. The zero-order valence-electron chi connectivity index (χ0n) is 21.1. The first-order valence-electron chi connectivity index (χ1n) is 12.6. The van der Waals surface area contributed by atoms with Crippen LogP contribution >= 0.6 is 0 Å². The molecule has 2 aromatic heterocycles. The summed E-state index contributed by atoms with van der Waals surface area (Å²) in [5, 5.41) is 22.0. The number of hydrogen-bond donors (Lipinski definition) is 2. The van der Waals surface area contributed by atoms with Crippen molar-refractivity contribution in [3.63, 3.8) is 0 Å². The SMILES string of the molecule is CCCS(=O)(=O)c1nc(NC2(c3ccc(F)c(F)c3)CC2)c2nnn([C@@H]3C[C@H](O)[C@H]4OC(C)(C)O[C@H]43)c2n1. The minimum absolute atomic E-state index is 0.122. The highest BCUT2D eigenvalue weighted by molar-refractivity contribution is 7.91. The smallest absolute Gasteiger partial charge is 0.251 e.